The first-order valence-corrected chi connectivity index (χ1v) is 15.0. The lowest BCUT2D eigenvalue weighted by Crippen LogP contribution is -2.18. The van der Waals surface area contributed by atoms with Crippen LogP contribution in [0.4, 0.5) is 0 Å². The molecular weight excluding hydrogens is 400 g/mol. The molecule has 33 heavy (non-hydrogen) atoms. The van der Waals surface area contributed by atoms with Crippen molar-refractivity contribution in [2.75, 3.05) is 6.61 Å². The maximum Gasteiger partial charge on any atom is 0.119 e. The monoisotopic (exact) mass is 454 g/mol. The average Bonchev–Trinajstić information content (AvgIpc) is 2.87. The highest BCUT2D eigenvalue weighted by atomic mass is 16.5. The summed E-state index contributed by atoms with van der Waals surface area (Å²) in [6.07, 6.45) is 25.3. The molecule has 0 aliphatic heterocycles. The Balaban J connectivity index is 1.59. The minimum atomic E-state index is 0.763. The van der Waals surface area contributed by atoms with Gasteiger partial charge in [-0.15, -0.1) is 0 Å². The molecule has 0 unspecified atom stereocenters. The normalized spacial score (nSPS) is 25.8. The fourth-order valence-corrected chi connectivity index (χ4v) is 6.64. The molecule has 0 aromatic heterocycles. The van der Waals surface area contributed by atoms with Crippen molar-refractivity contribution in [1.82, 2.24) is 0 Å². The summed E-state index contributed by atoms with van der Waals surface area (Å²) in [7, 11) is 0. The molecule has 0 N–H and O–H groups in total. The molecule has 2 saturated carbocycles. The maximum atomic E-state index is 6.09. The molecule has 1 heteroatoms. The van der Waals surface area contributed by atoms with Gasteiger partial charge in [-0.05, 0) is 105 Å². The van der Waals surface area contributed by atoms with E-state index in [1.165, 1.54) is 109 Å². The van der Waals surface area contributed by atoms with E-state index in [4.69, 9.17) is 4.74 Å². The first-order valence-electron chi connectivity index (χ1n) is 15.0. The molecule has 1 nitrogen and oxygen atoms in total. The third-order valence-corrected chi connectivity index (χ3v) is 8.79. The van der Waals surface area contributed by atoms with Crippen molar-refractivity contribution in [2.24, 2.45) is 11.8 Å². The van der Waals surface area contributed by atoms with E-state index < -0.39 is 0 Å². The van der Waals surface area contributed by atoms with Gasteiger partial charge in [0.2, 0.25) is 0 Å². The van der Waals surface area contributed by atoms with Crippen LogP contribution in [0.15, 0.2) is 18.2 Å². The molecule has 0 radical (unpaired) electrons. The van der Waals surface area contributed by atoms with Gasteiger partial charge < -0.3 is 4.74 Å². The third-order valence-electron chi connectivity index (χ3n) is 8.79. The summed E-state index contributed by atoms with van der Waals surface area (Å²) in [5.41, 5.74) is 3.36. The molecule has 2 aliphatic rings. The van der Waals surface area contributed by atoms with Crippen LogP contribution in [0.3, 0.4) is 0 Å². The molecule has 0 amide bonds. The number of ether oxygens (including phenoxy) is 1. The van der Waals surface area contributed by atoms with Crippen LogP contribution < -0.4 is 4.74 Å². The van der Waals surface area contributed by atoms with E-state index in [2.05, 4.69) is 39.0 Å². The lowest BCUT2D eigenvalue weighted by Gasteiger charge is -2.34. The van der Waals surface area contributed by atoms with E-state index in [0.29, 0.717) is 0 Å². The first kappa shape index (κ1) is 26.6. The largest absolute Gasteiger partial charge is 0.494 e. The molecule has 0 atom stereocenters. The SMILES string of the molecule is CCCCCCCC1CCC(c2ccc(OCCC)cc2C2CCC(CCCC)CC2)CC1. The predicted octanol–water partition coefficient (Wildman–Crippen LogP) is 10.6. The Kier molecular flexibility index (Phi) is 12.2. The van der Waals surface area contributed by atoms with Gasteiger partial charge in [-0.1, -0.05) is 84.6 Å². The van der Waals surface area contributed by atoms with Crippen LogP contribution in [0.25, 0.3) is 0 Å². The summed E-state index contributed by atoms with van der Waals surface area (Å²) in [6, 6.07) is 7.21. The van der Waals surface area contributed by atoms with Crippen LogP contribution in [0.5, 0.6) is 5.75 Å². The van der Waals surface area contributed by atoms with E-state index in [0.717, 1.165) is 42.4 Å². The van der Waals surface area contributed by atoms with Crippen molar-refractivity contribution < 1.29 is 4.74 Å². The zero-order valence-electron chi connectivity index (χ0n) is 22.4. The van der Waals surface area contributed by atoms with Crippen molar-refractivity contribution in [3.05, 3.63) is 29.3 Å². The molecule has 1 aromatic carbocycles. The summed E-state index contributed by atoms with van der Waals surface area (Å²) in [5.74, 6) is 4.64. The number of hydrogen-bond donors (Lipinski definition) is 0. The Labute approximate surface area is 206 Å². The molecule has 2 aliphatic carbocycles. The molecule has 0 saturated heterocycles. The average molecular weight is 455 g/mol. The highest BCUT2D eigenvalue weighted by Crippen LogP contribution is 2.45. The topological polar surface area (TPSA) is 9.23 Å². The fourth-order valence-electron chi connectivity index (χ4n) is 6.64. The summed E-state index contributed by atoms with van der Waals surface area (Å²) < 4.78 is 6.09. The second-order valence-electron chi connectivity index (χ2n) is 11.4. The van der Waals surface area contributed by atoms with Crippen LogP contribution in [-0.4, -0.2) is 6.61 Å². The molecule has 0 spiro atoms. The summed E-state index contributed by atoms with van der Waals surface area (Å²) in [5, 5.41) is 0. The minimum absolute atomic E-state index is 0.763. The highest BCUT2D eigenvalue weighted by molar-refractivity contribution is 5.40. The fraction of sp³-hybridized carbons (Fsp3) is 0.812. The van der Waals surface area contributed by atoms with Crippen molar-refractivity contribution in [3.8, 4) is 5.75 Å². The second kappa shape index (κ2) is 15.1. The molecule has 0 heterocycles. The Bertz CT molecular complexity index is 634. The van der Waals surface area contributed by atoms with Crippen molar-refractivity contribution in [2.45, 2.75) is 148 Å². The predicted molar refractivity (Wildman–Crippen MR) is 145 cm³/mol. The molecule has 2 fully saturated rings. The van der Waals surface area contributed by atoms with Gasteiger partial charge >= 0.3 is 0 Å². The molecular formula is C32H54O. The zero-order valence-corrected chi connectivity index (χ0v) is 22.4. The van der Waals surface area contributed by atoms with Gasteiger partial charge in [0.25, 0.3) is 0 Å². The smallest absolute Gasteiger partial charge is 0.119 e. The maximum absolute atomic E-state index is 6.09. The summed E-state index contributed by atoms with van der Waals surface area (Å²) in [4.78, 5) is 0. The van der Waals surface area contributed by atoms with Crippen LogP contribution >= 0.6 is 0 Å². The minimum Gasteiger partial charge on any atom is -0.494 e. The van der Waals surface area contributed by atoms with E-state index in [9.17, 15) is 0 Å². The first-order chi connectivity index (χ1) is 16.2. The van der Waals surface area contributed by atoms with Crippen LogP contribution in [0.2, 0.25) is 0 Å². The van der Waals surface area contributed by atoms with E-state index >= 15 is 0 Å². The van der Waals surface area contributed by atoms with Gasteiger partial charge in [-0.25, -0.2) is 0 Å². The Morgan fingerprint density at radius 3 is 1.79 bits per heavy atom. The van der Waals surface area contributed by atoms with Gasteiger partial charge in [0.05, 0.1) is 6.61 Å². The molecule has 188 valence electrons. The third kappa shape index (κ3) is 8.63. The van der Waals surface area contributed by atoms with Crippen LogP contribution in [0, 0.1) is 11.8 Å². The number of benzene rings is 1. The lowest BCUT2D eigenvalue weighted by atomic mass is 9.71. The number of hydrogen-bond acceptors (Lipinski definition) is 1. The van der Waals surface area contributed by atoms with Gasteiger partial charge in [0.15, 0.2) is 0 Å². The number of unbranched alkanes of at least 4 members (excludes halogenated alkanes) is 5. The molecule has 0 bridgehead atoms. The van der Waals surface area contributed by atoms with Gasteiger partial charge in [0.1, 0.15) is 5.75 Å². The molecule has 3 rings (SSSR count). The van der Waals surface area contributed by atoms with E-state index in [-0.39, 0.29) is 0 Å². The van der Waals surface area contributed by atoms with E-state index in [1.54, 1.807) is 11.1 Å². The van der Waals surface area contributed by atoms with Gasteiger partial charge in [-0.2, -0.15) is 0 Å². The van der Waals surface area contributed by atoms with Gasteiger partial charge in [0, 0.05) is 0 Å². The Morgan fingerprint density at radius 1 is 0.606 bits per heavy atom. The second-order valence-corrected chi connectivity index (χ2v) is 11.4. The van der Waals surface area contributed by atoms with Crippen LogP contribution in [0.1, 0.15) is 159 Å². The highest BCUT2D eigenvalue weighted by Gasteiger charge is 2.29. The van der Waals surface area contributed by atoms with E-state index in [1.807, 2.05) is 0 Å². The summed E-state index contributed by atoms with van der Waals surface area (Å²) in [6.45, 7) is 7.69. The van der Waals surface area contributed by atoms with Crippen molar-refractivity contribution in [1.29, 1.82) is 0 Å². The zero-order chi connectivity index (χ0) is 23.3. The van der Waals surface area contributed by atoms with Gasteiger partial charge in [-0.3, -0.25) is 0 Å². The Hall–Kier alpha value is -0.980. The van der Waals surface area contributed by atoms with Crippen molar-refractivity contribution >= 4 is 0 Å². The Morgan fingerprint density at radius 2 is 1.18 bits per heavy atom. The lowest BCUT2D eigenvalue weighted by molar-refractivity contribution is 0.289. The van der Waals surface area contributed by atoms with Crippen molar-refractivity contribution in [3.63, 3.8) is 0 Å². The molecule has 1 aromatic rings. The number of rotatable bonds is 14. The van der Waals surface area contributed by atoms with Crippen LogP contribution in [-0.2, 0) is 0 Å². The standard InChI is InChI=1S/C32H54O/c1-4-7-9-10-11-13-27-14-18-28(19-15-27)31-23-22-30(33-24-6-3)25-32(31)29-20-16-26(17-21-29)12-8-5-2/h22-23,25-29H,4-21,24H2,1-3H3. The summed E-state index contributed by atoms with van der Waals surface area (Å²) >= 11 is 0. The quantitative estimate of drug-likeness (QED) is 0.254.